The predicted molar refractivity (Wildman–Crippen MR) is 77.2 cm³/mol. The normalized spacial score (nSPS) is 35.9. The van der Waals surface area contributed by atoms with Gasteiger partial charge in [0, 0.05) is 32.8 Å². The number of piperazine rings is 1. The largest absolute Gasteiger partial charge is 0.381 e. The van der Waals surface area contributed by atoms with Gasteiger partial charge in [-0.1, -0.05) is 30.3 Å². The lowest BCUT2D eigenvalue weighted by Gasteiger charge is -2.49. The van der Waals surface area contributed by atoms with Crippen LogP contribution < -0.4 is 5.32 Å². The average molecular weight is 260 g/mol. The molecule has 0 spiro atoms. The molecule has 1 saturated heterocycles. The summed E-state index contributed by atoms with van der Waals surface area (Å²) in [6, 6.07) is 11.5. The number of rotatable bonds is 3. The van der Waals surface area contributed by atoms with Crippen molar-refractivity contribution >= 4 is 0 Å². The summed E-state index contributed by atoms with van der Waals surface area (Å²) in [7, 11) is 1.83. The van der Waals surface area contributed by atoms with Crippen LogP contribution in [0.3, 0.4) is 0 Å². The van der Waals surface area contributed by atoms with E-state index in [1.807, 2.05) is 7.11 Å². The molecule has 3 heteroatoms. The van der Waals surface area contributed by atoms with E-state index in [4.69, 9.17) is 4.74 Å². The molecule has 1 N–H and O–H groups in total. The van der Waals surface area contributed by atoms with Crippen molar-refractivity contribution in [3.05, 3.63) is 35.9 Å². The number of hydrogen-bond donors (Lipinski definition) is 1. The number of ether oxygens (including phenoxy) is 1. The summed E-state index contributed by atoms with van der Waals surface area (Å²) in [6.07, 6.45) is 2.88. The second-order valence-corrected chi connectivity index (χ2v) is 6.08. The van der Waals surface area contributed by atoms with E-state index in [2.05, 4.69) is 47.5 Å². The van der Waals surface area contributed by atoms with Crippen molar-refractivity contribution in [2.24, 2.45) is 0 Å². The van der Waals surface area contributed by atoms with Crippen molar-refractivity contribution < 1.29 is 4.74 Å². The van der Waals surface area contributed by atoms with Crippen LogP contribution in [0.4, 0.5) is 0 Å². The molecule has 1 aromatic rings. The van der Waals surface area contributed by atoms with Gasteiger partial charge in [0.2, 0.25) is 0 Å². The topological polar surface area (TPSA) is 24.5 Å². The van der Waals surface area contributed by atoms with Crippen LogP contribution in [0.15, 0.2) is 30.3 Å². The lowest BCUT2D eigenvalue weighted by atomic mass is 9.83. The van der Waals surface area contributed by atoms with Crippen molar-refractivity contribution in [1.29, 1.82) is 0 Å². The summed E-state index contributed by atoms with van der Waals surface area (Å²) in [6.45, 7) is 5.64. The zero-order valence-electron chi connectivity index (χ0n) is 11.9. The summed E-state index contributed by atoms with van der Waals surface area (Å²) in [5, 5.41) is 3.70. The van der Waals surface area contributed by atoms with Crippen LogP contribution in [0.2, 0.25) is 0 Å². The Balaban J connectivity index is 1.68. The van der Waals surface area contributed by atoms with Gasteiger partial charge in [0.05, 0.1) is 11.6 Å². The Morgan fingerprint density at radius 3 is 2.68 bits per heavy atom. The molecule has 0 bridgehead atoms. The first-order chi connectivity index (χ1) is 9.21. The number of methoxy groups -OCH3 is 1. The van der Waals surface area contributed by atoms with Crippen molar-refractivity contribution in [3.8, 4) is 0 Å². The van der Waals surface area contributed by atoms with Crippen LogP contribution in [0.5, 0.6) is 0 Å². The lowest BCUT2D eigenvalue weighted by molar-refractivity contribution is -0.0424. The molecule has 1 heterocycles. The highest BCUT2D eigenvalue weighted by Gasteiger charge is 2.39. The third kappa shape index (κ3) is 2.55. The molecule has 0 radical (unpaired) electrons. The van der Waals surface area contributed by atoms with Crippen molar-refractivity contribution in [3.63, 3.8) is 0 Å². The van der Waals surface area contributed by atoms with Gasteiger partial charge >= 0.3 is 0 Å². The van der Waals surface area contributed by atoms with E-state index in [1.165, 1.54) is 18.4 Å². The molecule has 0 amide bonds. The van der Waals surface area contributed by atoms with Gasteiger partial charge in [-0.05, 0) is 25.3 Å². The van der Waals surface area contributed by atoms with Gasteiger partial charge < -0.3 is 10.1 Å². The smallest absolute Gasteiger partial charge is 0.0601 e. The first-order valence-corrected chi connectivity index (χ1v) is 7.29. The zero-order chi connectivity index (χ0) is 13.3. The van der Waals surface area contributed by atoms with Gasteiger partial charge in [0.25, 0.3) is 0 Å². The highest BCUT2D eigenvalue weighted by molar-refractivity contribution is 5.25. The Bertz CT molecular complexity index is 416. The molecule has 3 rings (SSSR count). The summed E-state index contributed by atoms with van der Waals surface area (Å²) < 4.78 is 5.40. The maximum absolute atomic E-state index is 5.40. The second-order valence-electron chi connectivity index (χ2n) is 6.08. The average Bonchev–Trinajstić information content (AvgIpc) is 2.39. The quantitative estimate of drug-likeness (QED) is 0.899. The Morgan fingerprint density at radius 2 is 2.00 bits per heavy atom. The molecule has 3 nitrogen and oxygen atoms in total. The maximum Gasteiger partial charge on any atom is 0.0601 e. The third-order valence-corrected chi connectivity index (χ3v) is 4.76. The standard InChI is InChI=1S/C16H24N2O/c1-16(13-6-4-3-5-7-13)12-18(9-8-17-16)14-10-15(11-14)19-2/h3-7,14-15,17H,8-12H2,1-2H3. The first kappa shape index (κ1) is 13.1. The summed E-state index contributed by atoms with van der Waals surface area (Å²) in [5.74, 6) is 0. The van der Waals surface area contributed by atoms with E-state index >= 15 is 0 Å². The van der Waals surface area contributed by atoms with Crippen LogP contribution in [0, 0.1) is 0 Å². The first-order valence-electron chi connectivity index (χ1n) is 7.29. The fourth-order valence-electron chi connectivity index (χ4n) is 3.36. The molecular weight excluding hydrogens is 236 g/mol. The summed E-state index contributed by atoms with van der Waals surface area (Å²) >= 11 is 0. The van der Waals surface area contributed by atoms with E-state index in [0.29, 0.717) is 6.10 Å². The molecule has 2 aliphatic rings. The fraction of sp³-hybridized carbons (Fsp3) is 0.625. The van der Waals surface area contributed by atoms with Crippen molar-refractivity contribution in [2.75, 3.05) is 26.7 Å². The van der Waals surface area contributed by atoms with Crippen LogP contribution >= 0.6 is 0 Å². The van der Waals surface area contributed by atoms with E-state index in [0.717, 1.165) is 25.7 Å². The minimum absolute atomic E-state index is 0.0810. The molecule has 104 valence electrons. The Kier molecular flexibility index (Phi) is 3.61. The highest BCUT2D eigenvalue weighted by Crippen LogP contribution is 2.32. The van der Waals surface area contributed by atoms with E-state index in [-0.39, 0.29) is 5.54 Å². The van der Waals surface area contributed by atoms with Crippen molar-refractivity contribution in [1.82, 2.24) is 10.2 Å². The Morgan fingerprint density at radius 1 is 1.26 bits per heavy atom. The van der Waals surface area contributed by atoms with Gasteiger partial charge in [0.15, 0.2) is 0 Å². The molecule has 1 saturated carbocycles. The van der Waals surface area contributed by atoms with Gasteiger partial charge in [-0.25, -0.2) is 0 Å². The van der Waals surface area contributed by atoms with Crippen LogP contribution in [-0.2, 0) is 10.3 Å². The molecule has 1 atom stereocenters. The number of nitrogens with zero attached hydrogens (tertiary/aromatic N) is 1. The monoisotopic (exact) mass is 260 g/mol. The van der Waals surface area contributed by atoms with Crippen LogP contribution in [0.1, 0.15) is 25.3 Å². The van der Waals surface area contributed by atoms with Gasteiger partial charge in [-0.3, -0.25) is 4.90 Å². The third-order valence-electron chi connectivity index (χ3n) is 4.76. The SMILES string of the molecule is COC1CC(N2CCNC(C)(c3ccccc3)C2)C1. The summed E-state index contributed by atoms with van der Waals surface area (Å²) in [5.41, 5.74) is 1.47. The number of hydrogen-bond acceptors (Lipinski definition) is 3. The van der Waals surface area contributed by atoms with E-state index < -0.39 is 0 Å². The minimum Gasteiger partial charge on any atom is -0.381 e. The Labute approximate surface area is 115 Å². The van der Waals surface area contributed by atoms with Crippen molar-refractivity contribution in [2.45, 2.75) is 37.5 Å². The fourth-order valence-corrected chi connectivity index (χ4v) is 3.36. The molecule has 1 unspecified atom stereocenters. The minimum atomic E-state index is 0.0810. The van der Waals surface area contributed by atoms with Gasteiger partial charge in [-0.15, -0.1) is 0 Å². The maximum atomic E-state index is 5.40. The number of nitrogens with one attached hydrogen (secondary N) is 1. The van der Waals surface area contributed by atoms with E-state index in [1.54, 1.807) is 0 Å². The molecule has 0 aromatic heterocycles. The molecule has 1 aromatic carbocycles. The molecule has 19 heavy (non-hydrogen) atoms. The van der Waals surface area contributed by atoms with Crippen LogP contribution in [0.25, 0.3) is 0 Å². The molecule has 2 fully saturated rings. The predicted octanol–water partition coefficient (Wildman–Crippen LogP) is 1.98. The van der Waals surface area contributed by atoms with E-state index in [9.17, 15) is 0 Å². The highest BCUT2D eigenvalue weighted by atomic mass is 16.5. The molecule has 1 aliphatic heterocycles. The van der Waals surface area contributed by atoms with Gasteiger partial charge in [-0.2, -0.15) is 0 Å². The molecule has 1 aliphatic carbocycles. The zero-order valence-corrected chi connectivity index (χ0v) is 11.9. The van der Waals surface area contributed by atoms with Gasteiger partial charge in [0.1, 0.15) is 0 Å². The second kappa shape index (κ2) is 5.23. The Hall–Kier alpha value is -0.900. The van der Waals surface area contributed by atoms with Crippen LogP contribution in [-0.4, -0.2) is 43.8 Å². The number of benzene rings is 1. The summed E-state index contributed by atoms with van der Waals surface area (Å²) in [4.78, 5) is 2.64. The lowest BCUT2D eigenvalue weighted by Crippen LogP contribution is -2.61. The molecular formula is C16H24N2O.